The number of aromatic amines is 1. The van der Waals surface area contributed by atoms with Crippen LogP contribution in [0.4, 0.5) is 0 Å². The zero-order valence-corrected chi connectivity index (χ0v) is 11.1. The van der Waals surface area contributed by atoms with Crippen LogP contribution < -0.4 is 10.6 Å². The van der Waals surface area contributed by atoms with Crippen LogP contribution in [-0.4, -0.2) is 51.8 Å². The third kappa shape index (κ3) is 5.14. The number of imide groups is 1. The number of carbonyl (C=O) groups is 4. The fraction of sp³-hybridized carbons (Fsp3) is 0.273. The van der Waals surface area contributed by atoms with Gasteiger partial charge in [0.25, 0.3) is 5.91 Å². The van der Waals surface area contributed by atoms with Gasteiger partial charge in [-0.2, -0.15) is 0 Å². The molecule has 0 aliphatic heterocycles. The van der Waals surface area contributed by atoms with Crippen molar-refractivity contribution in [3.8, 4) is 0 Å². The first-order valence-electron chi connectivity index (χ1n) is 5.52. The number of carboxylic acid groups (broad SMARTS) is 1. The van der Waals surface area contributed by atoms with Crippen molar-refractivity contribution in [3.63, 3.8) is 0 Å². The van der Waals surface area contributed by atoms with Gasteiger partial charge in [-0.15, -0.1) is 11.8 Å². The molecule has 0 aliphatic carbocycles. The summed E-state index contributed by atoms with van der Waals surface area (Å²) in [4.78, 5) is 46.5. The largest absolute Gasteiger partial charge is 0.480 e. The highest BCUT2D eigenvalue weighted by Crippen LogP contribution is 2.03. The molecule has 1 aromatic heterocycles. The molecule has 0 saturated heterocycles. The zero-order valence-electron chi connectivity index (χ0n) is 10.3. The highest BCUT2D eigenvalue weighted by atomic mass is 32.2. The minimum absolute atomic E-state index is 0.0260. The molecular formula is C11H13N3O5S. The van der Waals surface area contributed by atoms with Crippen molar-refractivity contribution in [1.29, 1.82) is 0 Å². The van der Waals surface area contributed by atoms with Gasteiger partial charge in [-0.3, -0.25) is 19.7 Å². The average Bonchev–Trinajstić information content (AvgIpc) is 2.91. The van der Waals surface area contributed by atoms with E-state index in [1.165, 1.54) is 6.07 Å². The van der Waals surface area contributed by atoms with Gasteiger partial charge in [0.15, 0.2) is 0 Å². The molecule has 4 N–H and O–H groups in total. The van der Waals surface area contributed by atoms with E-state index in [9.17, 15) is 19.2 Å². The molecule has 0 bridgehead atoms. The first-order chi connectivity index (χ1) is 9.54. The van der Waals surface area contributed by atoms with Crippen molar-refractivity contribution >= 4 is 36.0 Å². The van der Waals surface area contributed by atoms with Crippen LogP contribution in [0.3, 0.4) is 0 Å². The van der Waals surface area contributed by atoms with Crippen molar-refractivity contribution in [2.45, 2.75) is 6.04 Å². The van der Waals surface area contributed by atoms with Crippen LogP contribution in [0.15, 0.2) is 18.3 Å². The first kappa shape index (κ1) is 15.8. The standard InChI is InChI=1S/C11H13N3O5S/c15-6-13-8(11(18)19)4-20-5-9(16)14-10(17)7-2-1-3-12-7/h1-3,6,8,12H,4-5H2,(H,13,15)(H,18,19)(H,14,16,17). The van der Waals surface area contributed by atoms with Crippen molar-refractivity contribution in [1.82, 2.24) is 15.6 Å². The van der Waals surface area contributed by atoms with Gasteiger partial charge < -0.3 is 15.4 Å². The zero-order chi connectivity index (χ0) is 15.0. The van der Waals surface area contributed by atoms with Crippen LogP contribution in [0.1, 0.15) is 10.5 Å². The van der Waals surface area contributed by atoms with Crippen LogP contribution in [-0.2, 0) is 14.4 Å². The summed E-state index contributed by atoms with van der Waals surface area (Å²) in [5.41, 5.74) is 0.259. The molecule has 0 aliphatic rings. The third-order valence-electron chi connectivity index (χ3n) is 2.18. The van der Waals surface area contributed by atoms with Gasteiger partial charge in [0, 0.05) is 11.9 Å². The Morgan fingerprint density at radius 3 is 2.75 bits per heavy atom. The Labute approximate surface area is 118 Å². The first-order valence-corrected chi connectivity index (χ1v) is 6.68. The number of nitrogens with one attached hydrogen (secondary N) is 3. The number of carboxylic acids is 1. The van der Waals surface area contributed by atoms with Crippen molar-refractivity contribution in [2.24, 2.45) is 0 Å². The van der Waals surface area contributed by atoms with E-state index in [0.717, 1.165) is 11.8 Å². The van der Waals surface area contributed by atoms with E-state index in [2.05, 4.69) is 15.6 Å². The lowest BCUT2D eigenvalue weighted by Crippen LogP contribution is -2.38. The Hall–Kier alpha value is -2.29. The molecule has 8 nitrogen and oxygen atoms in total. The summed E-state index contributed by atoms with van der Waals surface area (Å²) >= 11 is 1.00. The fourth-order valence-electron chi connectivity index (χ4n) is 1.24. The van der Waals surface area contributed by atoms with Crippen LogP contribution in [0.2, 0.25) is 0 Å². The molecule has 20 heavy (non-hydrogen) atoms. The Morgan fingerprint density at radius 2 is 2.20 bits per heavy atom. The van der Waals surface area contributed by atoms with E-state index >= 15 is 0 Å². The van der Waals surface area contributed by atoms with Crippen LogP contribution in [0, 0.1) is 0 Å². The van der Waals surface area contributed by atoms with Crippen LogP contribution in [0.5, 0.6) is 0 Å². The number of hydrogen-bond donors (Lipinski definition) is 4. The van der Waals surface area contributed by atoms with Crippen molar-refractivity contribution in [3.05, 3.63) is 24.0 Å². The SMILES string of the molecule is O=CNC(CSCC(=O)NC(=O)c1ccc[nH]1)C(=O)O. The van der Waals surface area contributed by atoms with Gasteiger partial charge in [-0.05, 0) is 12.1 Å². The number of amides is 3. The van der Waals surface area contributed by atoms with Gasteiger partial charge in [-0.1, -0.05) is 0 Å². The lowest BCUT2D eigenvalue weighted by molar-refractivity contribution is -0.139. The lowest BCUT2D eigenvalue weighted by Gasteiger charge is -2.10. The predicted molar refractivity (Wildman–Crippen MR) is 71.2 cm³/mol. The van der Waals surface area contributed by atoms with Crippen molar-refractivity contribution < 1.29 is 24.3 Å². The molecule has 9 heteroatoms. The Kier molecular flexibility index (Phi) is 6.30. The molecule has 3 amide bonds. The molecule has 0 aromatic carbocycles. The maximum absolute atomic E-state index is 11.5. The Balaban J connectivity index is 2.31. The molecule has 1 heterocycles. The van der Waals surface area contributed by atoms with Crippen molar-refractivity contribution in [2.75, 3.05) is 11.5 Å². The number of H-pyrrole nitrogens is 1. The van der Waals surface area contributed by atoms with Crippen LogP contribution in [0.25, 0.3) is 0 Å². The second kappa shape index (κ2) is 8.00. The van der Waals surface area contributed by atoms with E-state index in [1.54, 1.807) is 12.3 Å². The molecule has 0 fully saturated rings. The summed E-state index contributed by atoms with van der Waals surface area (Å²) < 4.78 is 0. The fourth-order valence-corrected chi connectivity index (χ4v) is 2.09. The van der Waals surface area contributed by atoms with E-state index in [1.807, 2.05) is 0 Å². The van der Waals surface area contributed by atoms with E-state index < -0.39 is 23.8 Å². The van der Waals surface area contributed by atoms with Gasteiger partial charge in [0.1, 0.15) is 11.7 Å². The molecule has 1 unspecified atom stereocenters. The number of thioether (sulfide) groups is 1. The number of aromatic nitrogens is 1. The summed E-state index contributed by atoms with van der Waals surface area (Å²) in [5, 5.41) is 13.0. The molecule has 1 aromatic rings. The number of aliphatic carboxylic acids is 1. The second-order valence-electron chi connectivity index (χ2n) is 3.65. The Bertz CT molecular complexity index is 488. The van der Waals surface area contributed by atoms with Gasteiger partial charge in [0.05, 0.1) is 5.75 Å². The Morgan fingerprint density at radius 1 is 1.45 bits per heavy atom. The molecular weight excluding hydrogens is 286 g/mol. The number of hydrogen-bond acceptors (Lipinski definition) is 5. The summed E-state index contributed by atoms with van der Waals surface area (Å²) in [6.45, 7) is 0. The number of carbonyl (C=O) groups excluding carboxylic acids is 3. The normalized spacial score (nSPS) is 11.4. The van der Waals surface area contributed by atoms with Gasteiger partial charge in [-0.25, -0.2) is 4.79 Å². The topological polar surface area (TPSA) is 128 Å². The monoisotopic (exact) mass is 299 g/mol. The molecule has 1 rings (SSSR count). The molecule has 0 saturated carbocycles. The maximum atomic E-state index is 11.5. The van der Waals surface area contributed by atoms with E-state index in [4.69, 9.17) is 5.11 Å². The minimum atomic E-state index is -1.19. The smallest absolute Gasteiger partial charge is 0.327 e. The highest BCUT2D eigenvalue weighted by Gasteiger charge is 2.17. The summed E-state index contributed by atoms with van der Waals surface area (Å²) in [6.07, 6.45) is 1.84. The lowest BCUT2D eigenvalue weighted by atomic mass is 10.3. The predicted octanol–water partition coefficient (Wildman–Crippen LogP) is -0.796. The van der Waals surface area contributed by atoms with Crippen LogP contribution >= 0.6 is 11.8 Å². The summed E-state index contributed by atoms with van der Waals surface area (Å²) in [5.74, 6) is -2.34. The summed E-state index contributed by atoms with van der Waals surface area (Å²) in [7, 11) is 0. The maximum Gasteiger partial charge on any atom is 0.327 e. The molecule has 108 valence electrons. The molecule has 1 atom stereocenters. The summed E-state index contributed by atoms with van der Waals surface area (Å²) in [6, 6.07) is 2.07. The average molecular weight is 299 g/mol. The van der Waals surface area contributed by atoms with Gasteiger partial charge >= 0.3 is 5.97 Å². The highest BCUT2D eigenvalue weighted by molar-refractivity contribution is 8.00. The second-order valence-corrected chi connectivity index (χ2v) is 4.68. The number of rotatable bonds is 8. The molecule has 0 radical (unpaired) electrons. The van der Waals surface area contributed by atoms with Gasteiger partial charge in [0.2, 0.25) is 12.3 Å². The molecule has 0 spiro atoms. The third-order valence-corrected chi connectivity index (χ3v) is 3.22. The van der Waals surface area contributed by atoms with E-state index in [-0.39, 0.29) is 23.6 Å². The quantitative estimate of drug-likeness (QED) is 0.465. The minimum Gasteiger partial charge on any atom is -0.480 e. The van der Waals surface area contributed by atoms with E-state index in [0.29, 0.717) is 0 Å².